The molecule has 0 radical (unpaired) electrons. The van der Waals surface area contributed by atoms with Crippen LogP contribution in [0, 0.1) is 12.3 Å². The van der Waals surface area contributed by atoms with Crippen LogP contribution in [0.25, 0.3) is 0 Å². The molecule has 1 aromatic rings. The zero-order valence-corrected chi connectivity index (χ0v) is 16.0. The molecule has 3 unspecified atom stereocenters. The molecule has 2 fully saturated rings. The van der Waals surface area contributed by atoms with Gasteiger partial charge < -0.3 is 4.74 Å². The summed E-state index contributed by atoms with van der Waals surface area (Å²) in [6.45, 7) is 0.478. The summed E-state index contributed by atoms with van der Waals surface area (Å²) in [5, 5.41) is 3.30. The van der Waals surface area contributed by atoms with Crippen LogP contribution >= 0.6 is 0 Å². The molecule has 1 saturated carbocycles. The molecule has 1 saturated heterocycles. The maximum absolute atomic E-state index is 11.6. The first-order chi connectivity index (χ1) is 12.4. The van der Waals surface area contributed by atoms with E-state index in [-0.39, 0.29) is 24.2 Å². The Morgan fingerprint density at radius 3 is 2.54 bits per heavy atom. The third-order valence-electron chi connectivity index (χ3n) is 5.41. The molecule has 3 rings (SSSR count). The third-order valence-corrected chi connectivity index (χ3v) is 6.14. The maximum Gasteiger partial charge on any atom is 0.209 e. The third kappa shape index (κ3) is 5.31. The molecule has 1 aliphatic carbocycles. The summed E-state index contributed by atoms with van der Waals surface area (Å²) >= 11 is 0. The molecule has 6 heteroatoms. The van der Waals surface area contributed by atoms with Gasteiger partial charge in [-0.1, -0.05) is 36.3 Å². The molecule has 2 N–H and O–H groups in total. The van der Waals surface area contributed by atoms with Crippen LogP contribution in [0.4, 0.5) is 0 Å². The highest BCUT2D eigenvalue weighted by molar-refractivity contribution is 7.88. The molecule has 3 atom stereocenters. The number of benzene rings is 1. The largest absolute Gasteiger partial charge is 0.377 e. The highest BCUT2D eigenvalue weighted by atomic mass is 32.2. The topological polar surface area (TPSA) is 67.4 Å². The van der Waals surface area contributed by atoms with Crippen molar-refractivity contribution in [3.05, 3.63) is 35.9 Å². The van der Waals surface area contributed by atoms with Crippen LogP contribution in [0.15, 0.2) is 30.3 Å². The molecule has 1 aliphatic heterocycles. The average molecular weight is 377 g/mol. The summed E-state index contributed by atoms with van der Waals surface area (Å²) in [7, 11) is -3.27. The molecule has 0 spiro atoms. The lowest BCUT2D eigenvalue weighted by molar-refractivity contribution is 0.0124. The highest BCUT2D eigenvalue weighted by Gasteiger charge is 2.35. The summed E-state index contributed by atoms with van der Waals surface area (Å²) < 4.78 is 32.0. The Bertz CT molecular complexity index is 721. The van der Waals surface area contributed by atoms with Crippen molar-refractivity contribution >= 4 is 10.0 Å². The highest BCUT2D eigenvalue weighted by Crippen LogP contribution is 2.34. The molecule has 142 valence electrons. The van der Waals surface area contributed by atoms with Gasteiger partial charge in [0.2, 0.25) is 10.0 Å². The standard InChI is InChI=1S/C20H28N2O3S/c1-3-17-13-19(22-26(2,23)24)20(21-17)14-25-18-11-9-16(10-12-18)15-7-5-4-6-8-15/h1,4-8,16-22H,9-14H2,2H3/t16-,17?,18+,19?,20?. The van der Waals surface area contributed by atoms with Gasteiger partial charge in [-0.2, -0.15) is 0 Å². The summed E-state index contributed by atoms with van der Waals surface area (Å²) in [4.78, 5) is 0. The molecule has 26 heavy (non-hydrogen) atoms. The first-order valence-electron chi connectivity index (χ1n) is 9.30. The van der Waals surface area contributed by atoms with Crippen LogP contribution in [0.2, 0.25) is 0 Å². The Kier molecular flexibility index (Phi) is 6.36. The van der Waals surface area contributed by atoms with Gasteiger partial charge in [-0.15, -0.1) is 6.42 Å². The molecule has 0 amide bonds. The Labute approximate surface area is 157 Å². The van der Waals surface area contributed by atoms with Gasteiger partial charge in [0.25, 0.3) is 0 Å². The normalized spacial score (nSPS) is 32.2. The van der Waals surface area contributed by atoms with Crippen LogP contribution in [0.5, 0.6) is 0 Å². The summed E-state index contributed by atoms with van der Waals surface area (Å²) in [5.41, 5.74) is 1.41. The minimum Gasteiger partial charge on any atom is -0.377 e. The van der Waals surface area contributed by atoms with Crippen LogP contribution in [-0.2, 0) is 14.8 Å². The number of terminal acetylenes is 1. The van der Waals surface area contributed by atoms with Crippen molar-refractivity contribution in [3.63, 3.8) is 0 Å². The van der Waals surface area contributed by atoms with E-state index in [4.69, 9.17) is 11.2 Å². The van der Waals surface area contributed by atoms with Crippen LogP contribution in [0.3, 0.4) is 0 Å². The van der Waals surface area contributed by atoms with Crippen LogP contribution in [-0.4, -0.2) is 45.5 Å². The van der Waals surface area contributed by atoms with Crippen molar-refractivity contribution in [3.8, 4) is 12.3 Å². The number of sulfonamides is 1. The number of hydrogen-bond donors (Lipinski definition) is 2. The predicted molar refractivity (Wildman–Crippen MR) is 103 cm³/mol. The predicted octanol–water partition coefficient (Wildman–Crippen LogP) is 2.01. The fourth-order valence-corrected chi connectivity index (χ4v) is 4.88. The fourth-order valence-electron chi connectivity index (χ4n) is 4.07. The van der Waals surface area contributed by atoms with E-state index in [1.807, 2.05) is 0 Å². The molecule has 0 aromatic heterocycles. The van der Waals surface area contributed by atoms with Crippen LogP contribution < -0.4 is 10.0 Å². The summed E-state index contributed by atoms with van der Waals surface area (Å²) in [6, 6.07) is 10.2. The molecular weight excluding hydrogens is 348 g/mol. The minimum atomic E-state index is -3.27. The molecule has 0 bridgehead atoms. The van der Waals surface area contributed by atoms with E-state index in [0.717, 1.165) is 25.7 Å². The first kappa shape index (κ1) is 19.4. The Morgan fingerprint density at radius 1 is 1.23 bits per heavy atom. The molecule has 1 aromatic carbocycles. The van der Waals surface area contributed by atoms with Crippen molar-refractivity contribution < 1.29 is 13.2 Å². The van der Waals surface area contributed by atoms with E-state index in [0.29, 0.717) is 18.9 Å². The molecule has 2 aliphatic rings. The second-order valence-corrected chi connectivity index (χ2v) is 9.22. The lowest BCUT2D eigenvalue weighted by atomic mass is 9.83. The quantitative estimate of drug-likeness (QED) is 0.746. The zero-order chi connectivity index (χ0) is 18.6. The van der Waals surface area contributed by atoms with Crippen LogP contribution in [0.1, 0.15) is 43.6 Å². The van der Waals surface area contributed by atoms with Crippen molar-refractivity contribution in [1.29, 1.82) is 0 Å². The van der Waals surface area contributed by atoms with Gasteiger partial charge in [-0.05, 0) is 43.6 Å². The van der Waals surface area contributed by atoms with Crippen molar-refractivity contribution in [2.45, 2.75) is 62.3 Å². The second-order valence-electron chi connectivity index (χ2n) is 7.44. The van der Waals surface area contributed by atoms with Gasteiger partial charge in [-0.3, -0.25) is 5.32 Å². The zero-order valence-electron chi connectivity index (χ0n) is 15.2. The number of ether oxygens (including phenoxy) is 1. The van der Waals surface area contributed by atoms with E-state index in [9.17, 15) is 8.42 Å². The minimum absolute atomic E-state index is 0.0855. The van der Waals surface area contributed by atoms with E-state index in [2.05, 4.69) is 46.3 Å². The Morgan fingerprint density at radius 2 is 1.92 bits per heavy atom. The van der Waals surface area contributed by atoms with E-state index < -0.39 is 10.0 Å². The lowest BCUT2D eigenvalue weighted by Gasteiger charge is -2.30. The van der Waals surface area contributed by atoms with Gasteiger partial charge >= 0.3 is 0 Å². The summed E-state index contributed by atoms with van der Waals surface area (Å²) in [6.07, 6.45) is 11.8. The fraction of sp³-hybridized carbons (Fsp3) is 0.600. The first-order valence-corrected chi connectivity index (χ1v) is 11.2. The second kappa shape index (κ2) is 8.53. The van der Waals surface area contributed by atoms with Crippen molar-refractivity contribution in [1.82, 2.24) is 10.0 Å². The van der Waals surface area contributed by atoms with Crippen molar-refractivity contribution in [2.75, 3.05) is 12.9 Å². The van der Waals surface area contributed by atoms with E-state index >= 15 is 0 Å². The number of nitrogens with one attached hydrogen (secondary N) is 2. The van der Waals surface area contributed by atoms with E-state index in [1.54, 1.807) is 0 Å². The number of rotatable bonds is 6. The SMILES string of the molecule is C#CC1CC(NS(C)(=O)=O)C(CO[C@H]2CC[C@@H](c3ccccc3)CC2)N1. The Hall–Kier alpha value is -1.39. The smallest absolute Gasteiger partial charge is 0.209 e. The lowest BCUT2D eigenvalue weighted by Crippen LogP contribution is -2.46. The monoisotopic (exact) mass is 376 g/mol. The van der Waals surface area contributed by atoms with Gasteiger partial charge in [0.05, 0.1) is 25.0 Å². The number of hydrogen-bond acceptors (Lipinski definition) is 4. The van der Waals surface area contributed by atoms with Gasteiger partial charge in [0.1, 0.15) is 0 Å². The summed E-state index contributed by atoms with van der Waals surface area (Å²) in [5.74, 6) is 3.29. The maximum atomic E-state index is 11.6. The van der Waals surface area contributed by atoms with Crippen molar-refractivity contribution in [2.24, 2.45) is 0 Å². The van der Waals surface area contributed by atoms with E-state index in [1.165, 1.54) is 11.8 Å². The average Bonchev–Trinajstić information content (AvgIpc) is 3.01. The molecular formula is C20H28N2O3S. The van der Waals surface area contributed by atoms with Gasteiger partial charge in [0, 0.05) is 12.1 Å². The Balaban J connectivity index is 1.48. The molecule has 1 heterocycles. The van der Waals surface area contributed by atoms with Gasteiger partial charge in [-0.25, -0.2) is 13.1 Å². The van der Waals surface area contributed by atoms with Gasteiger partial charge in [0.15, 0.2) is 0 Å². The molecule has 5 nitrogen and oxygen atoms in total.